The van der Waals surface area contributed by atoms with Gasteiger partial charge in [-0.1, -0.05) is 6.92 Å². The first-order valence-electron chi connectivity index (χ1n) is 4.30. The van der Waals surface area contributed by atoms with Gasteiger partial charge in [0.15, 0.2) is 0 Å². The first-order valence-corrected chi connectivity index (χ1v) is 4.30. The first-order chi connectivity index (χ1) is 5.70. The summed E-state index contributed by atoms with van der Waals surface area (Å²) in [5.74, 6) is -0.0660. The maximum atomic E-state index is 11.4. The zero-order valence-electron chi connectivity index (χ0n) is 7.54. The molecule has 4 nitrogen and oxygen atoms in total. The summed E-state index contributed by atoms with van der Waals surface area (Å²) in [5, 5.41) is 0. The summed E-state index contributed by atoms with van der Waals surface area (Å²) in [7, 11) is 0. The third-order valence-electron chi connectivity index (χ3n) is 1.96. The zero-order valence-corrected chi connectivity index (χ0v) is 7.54. The van der Waals surface area contributed by atoms with Gasteiger partial charge in [-0.2, -0.15) is 0 Å². The molecule has 0 unspecified atom stereocenters. The maximum Gasteiger partial charge on any atom is 0.327 e. The molecule has 0 bridgehead atoms. The van der Waals surface area contributed by atoms with Crippen LogP contribution in [0, 0.1) is 0 Å². The number of nitrogens with zero attached hydrogens (tertiary/aromatic N) is 2. The maximum absolute atomic E-state index is 11.4. The molecule has 0 aliphatic carbocycles. The molecule has 3 amide bonds. The highest BCUT2D eigenvalue weighted by Gasteiger charge is 2.33. The molecule has 12 heavy (non-hydrogen) atoms. The van der Waals surface area contributed by atoms with Crippen molar-refractivity contribution in [1.29, 1.82) is 0 Å². The van der Waals surface area contributed by atoms with Gasteiger partial charge in [-0.3, -0.25) is 9.69 Å². The molecule has 0 N–H and O–H groups in total. The van der Waals surface area contributed by atoms with Crippen LogP contribution in [0.4, 0.5) is 4.79 Å². The van der Waals surface area contributed by atoms with E-state index in [0.717, 1.165) is 6.42 Å². The molecule has 1 fully saturated rings. The molecule has 0 saturated carbocycles. The highest BCUT2D eigenvalue weighted by molar-refractivity contribution is 6.01. The predicted molar refractivity (Wildman–Crippen MR) is 44.6 cm³/mol. The van der Waals surface area contributed by atoms with E-state index in [1.807, 2.05) is 13.8 Å². The topological polar surface area (TPSA) is 40.6 Å². The van der Waals surface area contributed by atoms with Crippen molar-refractivity contribution < 1.29 is 9.59 Å². The van der Waals surface area contributed by atoms with E-state index in [4.69, 9.17) is 0 Å². The third-order valence-corrected chi connectivity index (χ3v) is 1.96. The van der Waals surface area contributed by atoms with Gasteiger partial charge in [-0.25, -0.2) is 4.79 Å². The van der Waals surface area contributed by atoms with Gasteiger partial charge in [0.1, 0.15) is 6.54 Å². The largest absolute Gasteiger partial charge is 0.327 e. The molecular formula is C8H14N2O2. The molecule has 1 saturated heterocycles. The molecule has 1 aliphatic rings. The normalized spacial score (nSPS) is 17.8. The SMILES string of the molecule is CCCN1C(=O)CN(CC)C1=O. The molecular weight excluding hydrogens is 156 g/mol. The summed E-state index contributed by atoms with van der Waals surface area (Å²) >= 11 is 0. The summed E-state index contributed by atoms with van der Waals surface area (Å²) in [6, 6.07) is -0.135. The minimum absolute atomic E-state index is 0.0660. The molecule has 0 radical (unpaired) electrons. The van der Waals surface area contributed by atoms with Gasteiger partial charge in [0.2, 0.25) is 5.91 Å². The molecule has 0 aromatic rings. The summed E-state index contributed by atoms with van der Waals surface area (Å²) < 4.78 is 0. The lowest BCUT2D eigenvalue weighted by atomic mass is 10.4. The van der Waals surface area contributed by atoms with Crippen molar-refractivity contribution in [3.63, 3.8) is 0 Å². The number of carbonyl (C=O) groups is 2. The Morgan fingerprint density at radius 1 is 1.33 bits per heavy atom. The predicted octanol–water partition coefficient (Wildman–Crippen LogP) is 0.680. The van der Waals surface area contributed by atoms with Gasteiger partial charge in [0.25, 0.3) is 0 Å². The van der Waals surface area contributed by atoms with Crippen molar-refractivity contribution in [2.75, 3.05) is 19.6 Å². The summed E-state index contributed by atoms with van der Waals surface area (Å²) in [5.41, 5.74) is 0. The molecule has 0 aromatic carbocycles. The fourth-order valence-electron chi connectivity index (χ4n) is 1.28. The lowest BCUT2D eigenvalue weighted by molar-refractivity contribution is -0.125. The quantitative estimate of drug-likeness (QED) is 0.584. The number of imide groups is 1. The van der Waals surface area contributed by atoms with Crippen LogP contribution >= 0.6 is 0 Å². The van der Waals surface area contributed by atoms with Crippen LogP contribution in [0.1, 0.15) is 20.3 Å². The first kappa shape index (κ1) is 9.03. The number of likely N-dealkylation sites (N-methyl/N-ethyl adjacent to an activating group) is 1. The Balaban J connectivity index is 2.64. The standard InChI is InChI=1S/C8H14N2O2/c1-3-5-10-7(11)6-9(4-2)8(10)12/h3-6H2,1-2H3. The molecule has 0 aromatic heterocycles. The molecule has 68 valence electrons. The van der Waals surface area contributed by atoms with Crippen molar-refractivity contribution >= 4 is 11.9 Å². The van der Waals surface area contributed by atoms with Crippen molar-refractivity contribution in [3.05, 3.63) is 0 Å². The Morgan fingerprint density at radius 3 is 2.42 bits per heavy atom. The summed E-state index contributed by atoms with van der Waals surface area (Å²) in [4.78, 5) is 25.5. The van der Waals surface area contributed by atoms with E-state index in [0.29, 0.717) is 13.1 Å². The highest BCUT2D eigenvalue weighted by Crippen LogP contribution is 2.09. The van der Waals surface area contributed by atoms with E-state index in [1.54, 1.807) is 4.90 Å². The van der Waals surface area contributed by atoms with Crippen molar-refractivity contribution in [3.8, 4) is 0 Å². The fraction of sp³-hybridized carbons (Fsp3) is 0.750. The molecule has 4 heteroatoms. The minimum atomic E-state index is -0.135. The van der Waals surface area contributed by atoms with Gasteiger partial charge in [0.05, 0.1) is 0 Å². The smallest absolute Gasteiger partial charge is 0.315 e. The van der Waals surface area contributed by atoms with E-state index < -0.39 is 0 Å². The van der Waals surface area contributed by atoms with E-state index in [1.165, 1.54) is 4.90 Å². The number of urea groups is 1. The monoisotopic (exact) mass is 170 g/mol. The van der Waals surface area contributed by atoms with Crippen molar-refractivity contribution in [1.82, 2.24) is 9.80 Å². The average molecular weight is 170 g/mol. The van der Waals surface area contributed by atoms with Crippen molar-refractivity contribution in [2.45, 2.75) is 20.3 Å². The van der Waals surface area contributed by atoms with E-state index in [2.05, 4.69) is 0 Å². The van der Waals surface area contributed by atoms with Gasteiger partial charge in [-0.05, 0) is 13.3 Å². The second-order valence-corrected chi connectivity index (χ2v) is 2.84. The Labute approximate surface area is 72.1 Å². The van der Waals surface area contributed by atoms with Crippen molar-refractivity contribution in [2.24, 2.45) is 0 Å². The molecule has 0 atom stereocenters. The third kappa shape index (κ3) is 1.42. The van der Waals surface area contributed by atoms with Crippen LogP contribution in [0.3, 0.4) is 0 Å². The Morgan fingerprint density at radius 2 is 2.00 bits per heavy atom. The van der Waals surface area contributed by atoms with Gasteiger partial charge >= 0.3 is 6.03 Å². The molecule has 0 spiro atoms. The number of hydrogen-bond acceptors (Lipinski definition) is 2. The van der Waals surface area contributed by atoms with E-state index >= 15 is 0 Å². The summed E-state index contributed by atoms with van der Waals surface area (Å²) in [6.07, 6.45) is 0.828. The van der Waals surface area contributed by atoms with Crippen LogP contribution < -0.4 is 0 Å². The van der Waals surface area contributed by atoms with Crippen LogP contribution in [0.2, 0.25) is 0 Å². The number of amides is 3. The van der Waals surface area contributed by atoms with E-state index in [9.17, 15) is 9.59 Å². The molecule has 1 rings (SSSR count). The van der Waals surface area contributed by atoms with Gasteiger partial charge < -0.3 is 4.90 Å². The Kier molecular flexibility index (Phi) is 2.68. The molecule has 1 heterocycles. The lowest BCUT2D eigenvalue weighted by Crippen LogP contribution is -2.33. The lowest BCUT2D eigenvalue weighted by Gasteiger charge is -2.13. The van der Waals surface area contributed by atoms with Crippen LogP contribution in [0.5, 0.6) is 0 Å². The van der Waals surface area contributed by atoms with E-state index in [-0.39, 0.29) is 18.5 Å². The van der Waals surface area contributed by atoms with Gasteiger partial charge in [-0.15, -0.1) is 0 Å². The van der Waals surface area contributed by atoms with Gasteiger partial charge in [0, 0.05) is 13.1 Å². The minimum Gasteiger partial charge on any atom is -0.315 e. The van der Waals surface area contributed by atoms with Crippen LogP contribution in [0.25, 0.3) is 0 Å². The molecule has 1 aliphatic heterocycles. The zero-order chi connectivity index (χ0) is 9.14. The second kappa shape index (κ2) is 3.56. The van der Waals surface area contributed by atoms with Crippen LogP contribution in [0.15, 0.2) is 0 Å². The number of carbonyl (C=O) groups excluding carboxylic acids is 2. The second-order valence-electron chi connectivity index (χ2n) is 2.84. The summed E-state index contributed by atoms with van der Waals surface area (Å²) in [6.45, 7) is 5.25. The van der Waals surface area contributed by atoms with Crippen LogP contribution in [-0.4, -0.2) is 41.4 Å². The Hall–Kier alpha value is -1.06. The number of hydrogen-bond donors (Lipinski definition) is 0. The highest BCUT2D eigenvalue weighted by atomic mass is 16.2. The van der Waals surface area contributed by atoms with Crippen LogP contribution in [-0.2, 0) is 4.79 Å². The number of rotatable bonds is 3. The Bertz CT molecular complexity index is 203. The average Bonchev–Trinajstić information content (AvgIpc) is 2.32. The fourth-order valence-corrected chi connectivity index (χ4v) is 1.28.